The van der Waals surface area contributed by atoms with E-state index in [0.717, 1.165) is 50.0 Å². The van der Waals surface area contributed by atoms with Crippen LogP contribution in [0.2, 0.25) is 0 Å². The van der Waals surface area contributed by atoms with Gasteiger partial charge in [0.1, 0.15) is 11.2 Å². The maximum absolute atomic E-state index is 8.11. The van der Waals surface area contributed by atoms with Gasteiger partial charge in [0.05, 0.1) is 0 Å². The summed E-state index contributed by atoms with van der Waals surface area (Å²) in [5, 5.41) is 39.5. The number of hydrogen-bond donors (Lipinski definition) is 0. The first kappa shape index (κ1) is 79.8. The summed E-state index contributed by atoms with van der Waals surface area (Å²) in [6.45, 7) is 28.0. The summed E-state index contributed by atoms with van der Waals surface area (Å²) >= 11 is 0. The number of benzene rings is 24. The lowest BCUT2D eigenvalue weighted by atomic mass is 9.44. The molecule has 4 aliphatic heterocycles. The average Bonchev–Trinajstić information content (AvgIpc) is 1.52. The highest BCUT2D eigenvalue weighted by molar-refractivity contribution is 6.92. The van der Waals surface area contributed by atoms with Crippen molar-refractivity contribution < 1.29 is 4.42 Å². The molecule has 0 fully saturated rings. The summed E-state index contributed by atoms with van der Waals surface area (Å²) in [5.74, 6) is 0. The van der Waals surface area contributed by atoms with E-state index in [1.54, 1.807) is 0 Å². The van der Waals surface area contributed by atoms with Gasteiger partial charge in [-0.25, -0.2) is 0 Å². The fraction of sp³-hybridized carbons (Fsp3) is 0.119. The molecule has 141 heavy (non-hydrogen) atoms. The van der Waals surface area contributed by atoms with Crippen LogP contribution in [0.15, 0.2) is 368 Å². The van der Waals surface area contributed by atoms with Crippen LogP contribution in [0.1, 0.15) is 105 Å². The van der Waals surface area contributed by atoms with Gasteiger partial charge >= 0.3 is 13.7 Å². The van der Waals surface area contributed by atoms with Crippen molar-refractivity contribution in [1.82, 2.24) is 8.96 Å². The Hall–Kier alpha value is -16.2. The minimum atomic E-state index is -0.303. The molecule has 0 bridgehead atoms. The van der Waals surface area contributed by atoms with Gasteiger partial charge in [-0.3, -0.25) is 0 Å². The molecule has 27 aromatic rings. The number of anilines is 6. The maximum atomic E-state index is 8.11. The molecule has 664 valence electrons. The van der Waals surface area contributed by atoms with Crippen LogP contribution < -0.4 is 31.7 Å². The molecule has 5 nitrogen and oxygen atoms in total. The highest BCUT2D eigenvalue weighted by Gasteiger charge is 2.49. The first-order valence-corrected chi connectivity index (χ1v) is 50.4. The van der Waals surface area contributed by atoms with Crippen molar-refractivity contribution in [3.8, 4) is 33.4 Å². The van der Waals surface area contributed by atoms with Crippen LogP contribution in [0.3, 0.4) is 0 Å². The molecule has 0 radical (unpaired) electrons. The summed E-state index contributed by atoms with van der Waals surface area (Å²) in [7, 11) is 0. The topological polar surface area (TPSA) is 29.5 Å². The van der Waals surface area contributed by atoms with Crippen molar-refractivity contribution in [2.75, 3.05) is 9.80 Å². The van der Waals surface area contributed by atoms with Crippen molar-refractivity contribution in [1.29, 1.82) is 0 Å². The van der Waals surface area contributed by atoms with E-state index in [4.69, 9.17) is 4.42 Å². The van der Waals surface area contributed by atoms with E-state index in [1.807, 2.05) is 0 Å². The first-order valence-electron chi connectivity index (χ1n) is 50.4. The molecule has 0 amide bonds. The SMILES string of the molecule is CC(C)(C)c1cc(N2c3cc4cc5c(cc4cc3B3c4c2cc2ccccc2c4-c2cc4ccccc4c4c6c7ccccc7ccc6n3c24)c2ccccc2c2c(-c3ccc4c(c3)oc3c6c7c(cc34)N(c3cc(C(C)(C)C)cc(C(C)(C)C)c3)c3cc4cc8c9ccccc9c9ccccc9c8cc4cc3B7n3c4ccc7ccccc7c4c4c7ccccc7cc-6c43)cccc52)cc(C(C)(C)C)c1. The van der Waals surface area contributed by atoms with E-state index < -0.39 is 0 Å². The normalized spacial score (nSPS) is 13.8. The maximum Gasteiger partial charge on any atom is 0.333 e. The smallest absolute Gasteiger partial charge is 0.333 e. The Morgan fingerprint density at radius 1 is 0.220 bits per heavy atom. The Kier molecular flexibility index (Phi) is 15.5. The lowest BCUT2D eigenvalue weighted by molar-refractivity contribution is 0.568. The third-order valence-corrected chi connectivity index (χ3v) is 33.3. The molecule has 0 N–H and O–H groups in total. The van der Waals surface area contributed by atoms with Crippen LogP contribution in [-0.4, -0.2) is 22.7 Å². The lowest BCUT2D eigenvalue weighted by Crippen LogP contribution is -2.56. The van der Waals surface area contributed by atoms with E-state index in [-0.39, 0.29) is 35.4 Å². The fourth-order valence-electron chi connectivity index (χ4n) is 26.6. The molecule has 0 aliphatic carbocycles. The van der Waals surface area contributed by atoms with Gasteiger partial charge in [-0.05, 0) is 332 Å². The van der Waals surface area contributed by atoms with E-state index in [2.05, 4.69) is 466 Å². The molecule has 24 aromatic carbocycles. The molecule has 0 spiro atoms. The van der Waals surface area contributed by atoms with Crippen molar-refractivity contribution >= 4 is 275 Å². The molecule has 0 saturated heterocycles. The predicted octanol–water partition coefficient (Wildman–Crippen LogP) is 34.5. The van der Waals surface area contributed by atoms with Crippen LogP contribution >= 0.6 is 0 Å². The van der Waals surface area contributed by atoms with Crippen molar-refractivity contribution in [2.24, 2.45) is 0 Å². The van der Waals surface area contributed by atoms with E-state index in [9.17, 15) is 0 Å². The quantitative estimate of drug-likeness (QED) is 0.100. The summed E-state index contributed by atoms with van der Waals surface area (Å²) in [6.07, 6.45) is 0. The number of nitrogens with zero attached hydrogens (tertiary/aromatic N) is 4. The molecule has 3 aromatic heterocycles. The second kappa shape index (κ2) is 27.4. The molecule has 7 heterocycles. The van der Waals surface area contributed by atoms with E-state index in [0.29, 0.717) is 0 Å². The summed E-state index contributed by atoms with van der Waals surface area (Å²) < 4.78 is 13.7. The monoisotopic (exact) mass is 1800 g/mol. The molecular weight excluding hydrogens is 1700 g/mol. The Morgan fingerprint density at radius 2 is 0.574 bits per heavy atom. The van der Waals surface area contributed by atoms with Crippen LogP contribution in [0.4, 0.5) is 34.1 Å². The van der Waals surface area contributed by atoms with Gasteiger partial charge in [-0.2, -0.15) is 0 Å². The van der Waals surface area contributed by atoms with Crippen LogP contribution in [-0.2, 0) is 21.7 Å². The Morgan fingerprint density at radius 3 is 1.04 bits per heavy atom. The van der Waals surface area contributed by atoms with Gasteiger partial charge in [-0.1, -0.05) is 338 Å². The zero-order valence-electron chi connectivity index (χ0n) is 81.0. The van der Waals surface area contributed by atoms with Gasteiger partial charge in [-0.15, -0.1) is 0 Å². The van der Waals surface area contributed by atoms with Crippen LogP contribution in [0.5, 0.6) is 0 Å². The fourth-order valence-corrected chi connectivity index (χ4v) is 26.6. The molecule has 0 saturated carbocycles. The summed E-state index contributed by atoms with van der Waals surface area (Å²) in [5.41, 5.74) is 30.6. The zero-order chi connectivity index (χ0) is 94.1. The van der Waals surface area contributed by atoms with Crippen molar-refractivity contribution in [3.63, 3.8) is 0 Å². The van der Waals surface area contributed by atoms with Crippen LogP contribution in [0, 0.1) is 0 Å². The van der Waals surface area contributed by atoms with Gasteiger partial charge in [0.2, 0.25) is 0 Å². The standard InChI is InChI=1S/C134H96B2N4O/c1-131(2,3)83-66-84(132(4,5)6)69-87(68-83)137-114-64-82-59-106-102-47-29-46-91(119(102)101-45-28-27-44-99(101)105(106)57-80(82)60-110(114)135-126-116(137)62-77-34-17-20-37-92(77)120(126)108-54-75-32-15-21-38-93(75)123-121-89-35-18-13-30-73(89)49-52-112(121)139(135)128(108)123)78-48-51-100-107-72-117-127-125(130(107)141-118(100)65-78)109-55-76-33-16-22-39-94(76)124-122-90-36-19-14-31-74(90)50-53-113(122)140(129(109)124)136(127)111-61-79-56-103-97-42-25-23-40-95(97)96-41-24-26-43-98(96)104(103)58-81(79)63-115(111)138(117)88-70-85(133(7,8)9)67-86(71-88)134(10,11)12/h13-72H,1-12H3. The molecule has 0 atom stereocenters. The second-order valence-electron chi connectivity index (χ2n) is 45.3. The van der Waals surface area contributed by atoms with E-state index >= 15 is 0 Å². The van der Waals surface area contributed by atoms with Crippen molar-refractivity contribution in [2.45, 2.75) is 105 Å². The Balaban J connectivity index is 0.665. The molecule has 7 heteroatoms. The molecule has 4 aliphatic rings. The highest BCUT2D eigenvalue weighted by atomic mass is 16.3. The largest absolute Gasteiger partial charge is 0.455 e. The Bertz CT molecular complexity index is 10500. The van der Waals surface area contributed by atoms with Gasteiger partial charge in [0.15, 0.2) is 0 Å². The number of rotatable bonds is 3. The first-order chi connectivity index (χ1) is 68.4. The third kappa shape index (κ3) is 10.8. The number of fused-ring (bicyclic) bond motifs is 42. The number of aromatic nitrogens is 2. The minimum Gasteiger partial charge on any atom is -0.455 e. The molecule has 31 rings (SSSR count). The zero-order valence-corrected chi connectivity index (χ0v) is 81.0. The molecular formula is C134H96B2N4O. The predicted molar refractivity (Wildman–Crippen MR) is 609 cm³/mol. The average molecular weight is 1800 g/mol. The third-order valence-electron chi connectivity index (χ3n) is 33.3. The highest BCUT2D eigenvalue weighted by Crippen LogP contribution is 2.58. The van der Waals surface area contributed by atoms with Gasteiger partial charge < -0.3 is 23.2 Å². The van der Waals surface area contributed by atoms with Crippen molar-refractivity contribution in [3.05, 3.63) is 386 Å². The Labute approximate surface area is 816 Å². The summed E-state index contributed by atoms with van der Waals surface area (Å²) in [4.78, 5) is 5.39. The van der Waals surface area contributed by atoms with Gasteiger partial charge in [0.25, 0.3) is 0 Å². The number of furan rings is 1. The lowest BCUT2D eigenvalue weighted by Gasteiger charge is -2.42. The summed E-state index contributed by atoms with van der Waals surface area (Å²) in [6, 6.07) is 143. The molecule has 0 unspecified atom stereocenters. The van der Waals surface area contributed by atoms with Gasteiger partial charge in [0, 0.05) is 105 Å². The van der Waals surface area contributed by atoms with Crippen LogP contribution in [0.25, 0.3) is 239 Å². The van der Waals surface area contributed by atoms with E-state index in [1.165, 1.54) is 267 Å². The number of hydrogen-bond acceptors (Lipinski definition) is 3. The minimum absolute atomic E-state index is 0.150. The second-order valence-corrected chi connectivity index (χ2v) is 45.3.